The van der Waals surface area contributed by atoms with Gasteiger partial charge >= 0.3 is 5.97 Å². The molecule has 8 nitrogen and oxygen atoms in total. The molecule has 0 saturated carbocycles. The fourth-order valence-electron chi connectivity index (χ4n) is 2.84. The maximum absolute atomic E-state index is 12.2. The van der Waals surface area contributed by atoms with Gasteiger partial charge in [0.15, 0.2) is 12.4 Å². The van der Waals surface area contributed by atoms with E-state index >= 15 is 0 Å². The zero-order valence-corrected chi connectivity index (χ0v) is 16.5. The van der Waals surface area contributed by atoms with Gasteiger partial charge in [0.2, 0.25) is 5.95 Å². The van der Waals surface area contributed by atoms with Gasteiger partial charge in [0.05, 0.1) is 11.3 Å². The first-order valence-electron chi connectivity index (χ1n) is 9.08. The molecule has 0 atom stereocenters. The third kappa shape index (κ3) is 5.35. The van der Waals surface area contributed by atoms with Gasteiger partial charge in [0, 0.05) is 49.9 Å². The Balaban J connectivity index is 1.36. The van der Waals surface area contributed by atoms with Crippen molar-refractivity contribution in [2.24, 2.45) is 0 Å². The van der Waals surface area contributed by atoms with E-state index in [2.05, 4.69) is 9.97 Å². The molecule has 1 aliphatic heterocycles. The molecular weight excluding hydrogens is 380 g/mol. The van der Waals surface area contributed by atoms with Crippen LogP contribution in [0.25, 0.3) is 0 Å². The molecule has 148 valence electrons. The van der Waals surface area contributed by atoms with Crippen molar-refractivity contribution in [3.63, 3.8) is 0 Å². The van der Waals surface area contributed by atoms with Crippen LogP contribution in [0, 0.1) is 6.92 Å². The average molecular weight is 402 g/mol. The SMILES string of the molecule is Cc1ccc(C(=O)CCC(=O)OCC(=O)N2CCN(c3ncccn3)CC2)s1. The second-order valence-electron chi connectivity index (χ2n) is 6.41. The number of carbonyl (C=O) groups excluding carboxylic acids is 3. The van der Waals surface area contributed by atoms with Gasteiger partial charge in [0.25, 0.3) is 5.91 Å². The number of carbonyl (C=O) groups is 3. The summed E-state index contributed by atoms with van der Waals surface area (Å²) in [6, 6.07) is 5.39. The quantitative estimate of drug-likeness (QED) is 0.514. The van der Waals surface area contributed by atoms with Crippen molar-refractivity contribution in [2.75, 3.05) is 37.7 Å². The Morgan fingerprint density at radius 1 is 1.07 bits per heavy atom. The van der Waals surface area contributed by atoms with Crippen LogP contribution in [0.3, 0.4) is 0 Å². The lowest BCUT2D eigenvalue weighted by Crippen LogP contribution is -2.50. The van der Waals surface area contributed by atoms with Crippen molar-refractivity contribution >= 4 is 34.9 Å². The van der Waals surface area contributed by atoms with Crippen LogP contribution in [0.15, 0.2) is 30.6 Å². The number of aryl methyl sites for hydroxylation is 1. The minimum atomic E-state index is -0.536. The predicted octanol–water partition coefficient (Wildman–Crippen LogP) is 1.70. The van der Waals surface area contributed by atoms with Crippen molar-refractivity contribution in [3.8, 4) is 0 Å². The molecule has 0 N–H and O–H groups in total. The lowest BCUT2D eigenvalue weighted by molar-refractivity contribution is -0.152. The molecule has 1 aliphatic rings. The van der Waals surface area contributed by atoms with Gasteiger partial charge < -0.3 is 14.5 Å². The van der Waals surface area contributed by atoms with Gasteiger partial charge in [-0.3, -0.25) is 14.4 Å². The van der Waals surface area contributed by atoms with E-state index < -0.39 is 5.97 Å². The monoisotopic (exact) mass is 402 g/mol. The van der Waals surface area contributed by atoms with Crippen LogP contribution in [0.5, 0.6) is 0 Å². The van der Waals surface area contributed by atoms with Crippen LogP contribution >= 0.6 is 11.3 Å². The molecule has 2 aromatic rings. The maximum atomic E-state index is 12.2. The summed E-state index contributed by atoms with van der Waals surface area (Å²) in [5.41, 5.74) is 0. The summed E-state index contributed by atoms with van der Waals surface area (Å²) < 4.78 is 5.04. The van der Waals surface area contributed by atoms with Crippen molar-refractivity contribution in [2.45, 2.75) is 19.8 Å². The van der Waals surface area contributed by atoms with Crippen LogP contribution in [0.4, 0.5) is 5.95 Å². The molecule has 0 bridgehead atoms. The summed E-state index contributed by atoms with van der Waals surface area (Å²) in [4.78, 5) is 49.9. The minimum Gasteiger partial charge on any atom is -0.456 e. The molecule has 0 aliphatic carbocycles. The van der Waals surface area contributed by atoms with Crippen molar-refractivity contribution in [1.29, 1.82) is 0 Å². The highest BCUT2D eigenvalue weighted by Gasteiger charge is 2.23. The van der Waals surface area contributed by atoms with Crippen molar-refractivity contribution in [1.82, 2.24) is 14.9 Å². The number of nitrogens with zero attached hydrogens (tertiary/aromatic N) is 4. The fraction of sp³-hybridized carbons (Fsp3) is 0.421. The normalized spacial score (nSPS) is 14.0. The number of amides is 1. The summed E-state index contributed by atoms with van der Waals surface area (Å²) in [7, 11) is 0. The topological polar surface area (TPSA) is 92.7 Å². The van der Waals surface area contributed by atoms with Crippen LogP contribution in [-0.4, -0.2) is 65.3 Å². The number of aromatic nitrogens is 2. The fourth-order valence-corrected chi connectivity index (χ4v) is 3.67. The van der Waals surface area contributed by atoms with E-state index in [4.69, 9.17) is 4.74 Å². The Bertz CT molecular complexity index is 831. The first-order valence-corrected chi connectivity index (χ1v) is 9.89. The van der Waals surface area contributed by atoms with E-state index in [0.29, 0.717) is 37.0 Å². The Hall–Kier alpha value is -2.81. The zero-order chi connectivity index (χ0) is 19.9. The lowest BCUT2D eigenvalue weighted by Gasteiger charge is -2.34. The summed E-state index contributed by atoms with van der Waals surface area (Å²) in [6.07, 6.45) is 3.43. The van der Waals surface area contributed by atoms with Crippen molar-refractivity contribution < 1.29 is 19.1 Å². The van der Waals surface area contributed by atoms with Gasteiger partial charge in [-0.15, -0.1) is 11.3 Å². The highest BCUT2D eigenvalue weighted by Crippen LogP contribution is 2.17. The molecule has 1 saturated heterocycles. The summed E-state index contributed by atoms with van der Waals surface area (Å²) >= 11 is 1.41. The van der Waals surface area contributed by atoms with Crippen LogP contribution in [0.1, 0.15) is 27.4 Å². The van der Waals surface area contributed by atoms with E-state index in [1.807, 2.05) is 17.9 Å². The molecule has 3 heterocycles. The average Bonchev–Trinajstić information content (AvgIpc) is 3.17. The zero-order valence-electron chi connectivity index (χ0n) is 15.7. The van der Waals surface area contributed by atoms with Crippen LogP contribution < -0.4 is 4.90 Å². The number of piperazine rings is 1. The minimum absolute atomic E-state index is 0.0256. The number of ether oxygens (including phenoxy) is 1. The molecule has 0 radical (unpaired) electrons. The molecule has 28 heavy (non-hydrogen) atoms. The highest BCUT2D eigenvalue weighted by molar-refractivity contribution is 7.14. The molecule has 1 amide bonds. The molecular formula is C19H22N4O4S. The summed E-state index contributed by atoms with van der Waals surface area (Å²) in [5.74, 6) is -0.208. The second-order valence-corrected chi connectivity index (χ2v) is 7.70. The summed E-state index contributed by atoms with van der Waals surface area (Å²) in [6.45, 7) is 3.91. The maximum Gasteiger partial charge on any atom is 0.306 e. The standard InChI is InChI=1S/C19H22N4O4S/c1-14-3-5-16(28-14)15(24)4-6-18(26)27-13-17(25)22-9-11-23(12-10-22)19-20-7-2-8-21-19/h2-3,5,7-8H,4,6,9-13H2,1H3. The number of anilines is 1. The number of rotatable bonds is 7. The van der Waals surface area contributed by atoms with Gasteiger partial charge in [0.1, 0.15) is 0 Å². The third-order valence-corrected chi connectivity index (χ3v) is 5.44. The molecule has 3 rings (SSSR count). The largest absolute Gasteiger partial charge is 0.456 e. The van der Waals surface area contributed by atoms with Gasteiger partial charge in [-0.05, 0) is 25.1 Å². The Labute approximate surface area is 167 Å². The molecule has 2 aromatic heterocycles. The first-order chi connectivity index (χ1) is 13.5. The number of thiophene rings is 1. The highest BCUT2D eigenvalue weighted by atomic mass is 32.1. The number of hydrogen-bond donors (Lipinski definition) is 0. The van der Waals surface area contributed by atoms with Crippen LogP contribution in [-0.2, 0) is 14.3 Å². The summed E-state index contributed by atoms with van der Waals surface area (Å²) in [5, 5.41) is 0. The van der Waals surface area contributed by atoms with Crippen LogP contribution in [0.2, 0.25) is 0 Å². The molecule has 0 spiro atoms. The first kappa shape index (κ1) is 19.9. The lowest BCUT2D eigenvalue weighted by atomic mass is 10.2. The van der Waals surface area contributed by atoms with E-state index in [-0.39, 0.29) is 31.1 Å². The predicted molar refractivity (Wildman–Crippen MR) is 104 cm³/mol. The second kappa shape index (κ2) is 9.41. The van der Waals surface area contributed by atoms with E-state index in [9.17, 15) is 14.4 Å². The van der Waals surface area contributed by atoms with E-state index in [1.54, 1.807) is 29.4 Å². The Morgan fingerprint density at radius 3 is 2.43 bits per heavy atom. The Morgan fingerprint density at radius 2 is 1.79 bits per heavy atom. The Kier molecular flexibility index (Phi) is 6.70. The molecule has 0 unspecified atom stereocenters. The number of Topliss-reactive ketones (excluding diaryl/α,β-unsaturated/α-hetero) is 1. The number of hydrogen-bond acceptors (Lipinski definition) is 8. The third-order valence-electron chi connectivity index (χ3n) is 4.40. The van der Waals surface area contributed by atoms with E-state index in [0.717, 1.165) is 4.88 Å². The smallest absolute Gasteiger partial charge is 0.306 e. The molecule has 0 aromatic carbocycles. The number of esters is 1. The number of ketones is 1. The van der Waals surface area contributed by atoms with Gasteiger partial charge in [-0.25, -0.2) is 9.97 Å². The molecule has 1 fully saturated rings. The van der Waals surface area contributed by atoms with Crippen molar-refractivity contribution in [3.05, 3.63) is 40.3 Å². The van der Waals surface area contributed by atoms with Gasteiger partial charge in [-0.2, -0.15) is 0 Å². The molecule has 9 heteroatoms. The van der Waals surface area contributed by atoms with E-state index in [1.165, 1.54) is 11.3 Å². The van der Waals surface area contributed by atoms with Gasteiger partial charge in [-0.1, -0.05) is 0 Å².